The zero-order chi connectivity index (χ0) is 14.6. The molecule has 0 fully saturated rings. The molecule has 0 bridgehead atoms. The van der Waals surface area contributed by atoms with Gasteiger partial charge in [-0.15, -0.1) is 0 Å². The summed E-state index contributed by atoms with van der Waals surface area (Å²) in [7, 11) is 0. The van der Waals surface area contributed by atoms with Crippen molar-refractivity contribution in [1.29, 1.82) is 0 Å². The van der Waals surface area contributed by atoms with E-state index in [2.05, 4.69) is 11.3 Å². The fourth-order valence-electron chi connectivity index (χ4n) is 1.22. The first-order valence-corrected chi connectivity index (χ1v) is 4.68. The van der Waals surface area contributed by atoms with Crippen LogP contribution in [0.5, 0.6) is 0 Å². The highest BCUT2D eigenvalue weighted by molar-refractivity contribution is 6.03. The fraction of sp³-hybridized carbons (Fsp3) is 0. The van der Waals surface area contributed by atoms with E-state index in [1.807, 2.05) is 0 Å². The molecule has 0 unspecified atom stereocenters. The van der Waals surface area contributed by atoms with E-state index >= 15 is 0 Å². The molecule has 9 heteroatoms. The number of esters is 2. The summed E-state index contributed by atoms with van der Waals surface area (Å²) >= 11 is 0. The number of benzene rings is 1. The lowest BCUT2D eigenvalue weighted by Crippen LogP contribution is -2.13. The van der Waals surface area contributed by atoms with Gasteiger partial charge in [0.15, 0.2) is 0 Å². The third kappa shape index (κ3) is 2.97. The van der Waals surface area contributed by atoms with E-state index in [4.69, 9.17) is 0 Å². The van der Waals surface area contributed by atoms with Crippen molar-refractivity contribution in [3.8, 4) is 0 Å². The molecule has 0 amide bonds. The lowest BCUT2D eigenvalue weighted by atomic mass is 10.1. The minimum atomic E-state index is -1.36. The molecule has 0 aliphatic carbocycles. The van der Waals surface area contributed by atoms with Crippen LogP contribution in [0.15, 0.2) is 30.9 Å². The van der Waals surface area contributed by atoms with Crippen LogP contribution in [-0.4, -0.2) is 21.8 Å². The van der Waals surface area contributed by atoms with Gasteiger partial charge in [-0.2, -0.15) is 0 Å². The molecule has 1 aromatic rings. The van der Waals surface area contributed by atoms with Crippen LogP contribution in [0.25, 0.3) is 0 Å². The van der Waals surface area contributed by atoms with Crippen molar-refractivity contribution >= 4 is 23.3 Å². The van der Waals surface area contributed by atoms with Gasteiger partial charge in [0.25, 0.3) is 0 Å². The fourth-order valence-corrected chi connectivity index (χ4v) is 1.22. The summed E-state index contributed by atoms with van der Waals surface area (Å²) in [4.78, 5) is 41.7. The van der Waals surface area contributed by atoms with Gasteiger partial charge >= 0.3 is 23.3 Å². The number of hydrogen-bond acceptors (Lipinski definition) is 7. The van der Waals surface area contributed by atoms with Crippen molar-refractivity contribution in [2.24, 2.45) is 0 Å². The molecule has 0 saturated heterocycles. The van der Waals surface area contributed by atoms with Gasteiger partial charge in [0.2, 0.25) is 0 Å². The van der Waals surface area contributed by atoms with E-state index in [0.29, 0.717) is 6.08 Å². The number of nitro groups is 2. The third-order valence-electron chi connectivity index (χ3n) is 1.97. The molecule has 0 spiro atoms. The Labute approximate surface area is 105 Å². The molecule has 0 N–H and O–H groups in total. The van der Waals surface area contributed by atoms with Gasteiger partial charge in [-0.1, -0.05) is 12.6 Å². The predicted molar refractivity (Wildman–Crippen MR) is 60.4 cm³/mol. The summed E-state index contributed by atoms with van der Waals surface area (Å²) in [5.74, 6) is -2.48. The molecule has 0 radical (unpaired) electrons. The summed E-state index contributed by atoms with van der Waals surface area (Å²) < 4.78 is 4.19. The maximum atomic E-state index is 11.5. The Bertz CT molecular complexity index is 594. The quantitative estimate of drug-likeness (QED) is 0.264. The van der Waals surface area contributed by atoms with Gasteiger partial charge in [-0.05, 0) is 6.07 Å². The second-order valence-corrected chi connectivity index (χ2v) is 3.10. The Morgan fingerprint density at radius 2 is 1.84 bits per heavy atom. The Balaban J connectivity index is 3.35. The van der Waals surface area contributed by atoms with Gasteiger partial charge in [-0.25, -0.2) is 9.59 Å². The first kappa shape index (κ1) is 14.0. The van der Waals surface area contributed by atoms with Crippen molar-refractivity contribution in [2.45, 2.75) is 0 Å². The Morgan fingerprint density at radius 1 is 1.21 bits per heavy atom. The minimum absolute atomic E-state index is 0.682. The molecule has 0 aromatic heterocycles. The summed E-state index contributed by atoms with van der Waals surface area (Å²) in [6, 6.07) is 2.88. The lowest BCUT2D eigenvalue weighted by Gasteiger charge is -2.02. The van der Waals surface area contributed by atoms with Crippen molar-refractivity contribution in [3.63, 3.8) is 0 Å². The number of nitro benzene ring substituents is 2. The number of carbonyl (C=O) groups excluding carboxylic acids is 2. The SMILES string of the molecule is C=CC(=O)OC(=O)c1cccc([N+](=O)[O-])c1[N+](=O)[O-]. The van der Waals surface area contributed by atoms with E-state index in [1.165, 1.54) is 0 Å². The molecule has 0 heterocycles. The number of hydrogen-bond donors (Lipinski definition) is 0. The van der Waals surface area contributed by atoms with Crippen LogP contribution in [0.1, 0.15) is 10.4 Å². The third-order valence-corrected chi connectivity index (χ3v) is 1.97. The highest BCUT2D eigenvalue weighted by Crippen LogP contribution is 2.30. The smallest absolute Gasteiger partial charge is 0.360 e. The zero-order valence-electron chi connectivity index (χ0n) is 9.27. The molecular formula is C10H6N2O7. The van der Waals surface area contributed by atoms with Crippen LogP contribution >= 0.6 is 0 Å². The maximum Gasteiger partial charge on any atom is 0.360 e. The molecule has 9 nitrogen and oxygen atoms in total. The van der Waals surface area contributed by atoms with Crippen LogP contribution in [0, 0.1) is 20.2 Å². The molecule has 98 valence electrons. The topological polar surface area (TPSA) is 130 Å². The zero-order valence-corrected chi connectivity index (χ0v) is 9.27. The van der Waals surface area contributed by atoms with Crippen molar-refractivity contribution in [1.82, 2.24) is 0 Å². The van der Waals surface area contributed by atoms with Crippen LogP contribution in [-0.2, 0) is 9.53 Å². The maximum absolute atomic E-state index is 11.5. The molecular weight excluding hydrogens is 260 g/mol. The molecule has 1 aromatic carbocycles. The van der Waals surface area contributed by atoms with Crippen molar-refractivity contribution in [3.05, 3.63) is 56.6 Å². The van der Waals surface area contributed by atoms with E-state index < -0.39 is 38.7 Å². The number of carbonyl (C=O) groups is 2. The molecule has 0 saturated carbocycles. The highest BCUT2D eigenvalue weighted by atomic mass is 16.6. The predicted octanol–water partition coefficient (Wildman–Crippen LogP) is 1.37. The van der Waals surface area contributed by atoms with Crippen LogP contribution in [0.2, 0.25) is 0 Å². The van der Waals surface area contributed by atoms with Crippen LogP contribution in [0.4, 0.5) is 11.4 Å². The molecule has 1 rings (SSSR count). The first-order chi connectivity index (χ1) is 8.88. The molecule has 0 aliphatic rings. The average molecular weight is 266 g/mol. The van der Waals surface area contributed by atoms with Gasteiger partial charge in [-0.3, -0.25) is 20.2 Å². The number of para-hydroxylation sites is 1. The highest BCUT2D eigenvalue weighted by Gasteiger charge is 2.32. The second-order valence-electron chi connectivity index (χ2n) is 3.10. The Kier molecular flexibility index (Phi) is 4.03. The minimum Gasteiger partial charge on any atom is -0.386 e. The summed E-state index contributed by atoms with van der Waals surface area (Å²) in [6.07, 6.45) is 0.682. The van der Waals surface area contributed by atoms with Gasteiger partial charge in [0, 0.05) is 12.1 Å². The second kappa shape index (κ2) is 5.49. The van der Waals surface area contributed by atoms with Crippen molar-refractivity contribution < 1.29 is 24.2 Å². The van der Waals surface area contributed by atoms with E-state index in [-0.39, 0.29) is 0 Å². The number of ether oxygens (including phenoxy) is 1. The van der Waals surface area contributed by atoms with Crippen LogP contribution < -0.4 is 0 Å². The van der Waals surface area contributed by atoms with Gasteiger partial charge in [0.1, 0.15) is 5.56 Å². The molecule has 0 aliphatic heterocycles. The average Bonchev–Trinajstić information content (AvgIpc) is 2.37. The van der Waals surface area contributed by atoms with E-state index in [1.54, 1.807) is 0 Å². The summed E-state index contributed by atoms with van der Waals surface area (Å²) in [6.45, 7) is 3.04. The summed E-state index contributed by atoms with van der Waals surface area (Å²) in [5.41, 5.74) is -2.59. The Morgan fingerprint density at radius 3 is 2.32 bits per heavy atom. The molecule has 19 heavy (non-hydrogen) atoms. The lowest BCUT2D eigenvalue weighted by molar-refractivity contribution is -0.422. The Hall–Kier alpha value is -3.10. The normalized spacial score (nSPS) is 9.47. The van der Waals surface area contributed by atoms with Crippen molar-refractivity contribution in [2.75, 3.05) is 0 Å². The monoisotopic (exact) mass is 266 g/mol. The number of rotatable bonds is 4. The van der Waals surface area contributed by atoms with E-state index in [0.717, 1.165) is 18.2 Å². The van der Waals surface area contributed by atoms with Gasteiger partial charge < -0.3 is 4.74 Å². The largest absolute Gasteiger partial charge is 0.386 e. The standard InChI is InChI=1S/C10H6N2O7/c1-2-8(13)19-10(14)6-4-3-5-7(11(15)16)9(6)12(17)18/h2-5H,1H2. The van der Waals surface area contributed by atoms with Crippen LogP contribution in [0.3, 0.4) is 0 Å². The number of nitrogens with zero attached hydrogens (tertiary/aromatic N) is 2. The summed E-state index contributed by atoms with van der Waals surface area (Å²) in [5, 5.41) is 21.4. The van der Waals surface area contributed by atoms with Gasteiger partial charge in [0.05, 0.1) is 9.85 Å². The van der Waals surface area contributed by atoms with E-state index in [9.17, 15) is 29.8 Å². The molecule has 0 atom stereocenters. The first-order valence-electron chi connectivity index (χ1n) is 4.68.